The van der Waals surface area contributed by atoms with Gasteiger partial charge in [-0.3, -0.25) is 4.90 Å². The largest absolute Gasteiger partial charge is 0.356 e. The SMILES string of the molecule is COC(O)N(C)C(C)C. The van der Waals surface area contributed by atoms with Crippen molar-refractivity contribution in [3.63, 3.8) is 0 Å². The zero-order valence-corrected chi connectivity index (χ0v) is 6.46. The van der Waals surface area contributed by atoms with Crippen LogP contribution in [0.2, 0.25) is 0 Å². The number of hydrogen-bond acceptors (Lipinski definition) is 3. The van der Waals surface area contributed by atoms with E-state index in [1.807, 2.05) is 13.8 Å². The van der Waals surface area contributed by atoms with Crippen molar-refractivity contribution in [2.45, 2.75) is 26.3 Å². The Morgan fingerprint density at radius 3 is 2.00 bits per heavy atom. The highest BCUT2D eigenvalue weighted by molar-refractivity contribution is 4.52. The second-order valence-electron chi connectivity index (χ2n) is 2.32. The van der Waals surface area contributed by atoms with Crippen LogP contribution in [0.25, 0.3) is 0 Å². The van der Waals surface area contributed by atoms with Crippen LogP contribution in [0, 0.1) is 0 Å². The summed E-state index contributed by atoms with van der Waals surface area (Å²) in [5, 5.41) is 9.00. The Balaban J connectivity index is 3.58. The summed E-state index contributed by atoms with van der Waals surface area (Å²) in [4.78, 5) is 1.72. The van der Waals surface area contributed by atoms with E-state index in [0.717, 1.165) is 0 Å². The van der Waals surface area contributed by atoms with E-state index in [4.69, 9.17) is 5.11 Å². The van der Waals surface area contributed by atoms with E-state index in [0.29, 0.717) is 6.04 Å². The van der Waals surface area contributed by atoms with Crippen molar-refractivity contribution in [3.05, 3.63) is 0 Å². The van der Waals surface area contributed by atoms with Gasteiger partial charge in [-0.05, 0) is 20.9 Å². The van der Waals surface area contributed by atoms with Crippen molar-refractivity contribution in [2.75, 3.05) is 14.2 Å². The normalized spacial score (nSPS) is 15.0. The van der Waals surface area contributed by atoms with Gasteiger partial charge in [0, 0.05) is 13.2 Å². The summed E-state index contributed by atoms with van der Waals surface area (Å²) in [5.74, 6) is 0. The summed E-state index contributed by atoms with van der Waals surface area (Å²) >= 11 is 0. The predicted octanol–water partition coefficient (Wildman–Crippen LogP) is 0.249. The molecule has 0 fully saturated rings. The third-order valence-electron chi connectivity index (χ3n) is 1.37. The van der Waals surface area contributed by atoms with Crippen LogP contribution in [0.1, 0.15) is 13.8 Å². The highest BCUT2D eigenvalue weighted by atomic mass is 16.6. The van der Waals surface area contributed by atoms with Gasteiger partial charge in [0.2, 0.25) is 6.41 Å². The van der Waals surface area contributed by atoms with Crippen molar-refractivity contribution >= 4 is 0 Å². The number of hydrogen-bond donors (Lipinski definition) is 1. The molecule has 0 heterocycles. The fourth-order valence-corrected chi connectivity index (χ4v) is 0.421. The monoisotopic (exact) mass is 133 g/mol. The van der Waals surface area contributed by atoms with Gasteiger partial charge in [-0.1, -0.05) is 0 Å². The third kappa shape index (κ3) is 2.79. The van der Waals surface area contributed by atoms with Crippen LogP contribution in [0.4, 0.5) is 0 Å². The molecule has 0 bridgehead atoms. The molecule has 1 unspecified atom stereocenters. The predicted molar refractivity (Wildman–Crippen MR) is 35.9 cm³/mol. The van der Waals surface area contributed by atoms with E-state index in [1.165, 1.54) is 7.11 Å². The summed E-state index contributed by atoms with van der Waals surface area (Å²) in [5.41, 5.74) is 0. The average Bonchev–Trinajstić information content (AvgIpc) is 1.84. The number of methoxy groups -OCH3 is 1. The molecule has 0 saturated heterocycles. The minimum Gasteiger partial charge on any atom is -0.356 e. The van der Waals surface area contributed by atoms with Gasteiger partial charge in [0.25, 0.3) is 0 Å². The molecule has 1 atom stereocenters. The molecule has 3 heteroatoms. The summed E-state index contributed by atoms with van der Waals surface area (Å²) < 4.78 is 4.65. The van der Waals surface area contributed by atoms with Gasteiger partial charge >= 0.3 is 0 Å². The zero-order chi connectivity index (χ0) is 7.44. The third-order valence-corrected chi connectivity index (χ3v) is 1.37. The summed E-state index contributed by atoms with van der Waals surface area (Å²) in [6.07, 6.45) is -0.773. The van der Waals surface area contributed by atoms with Crippen LogP contribution in [0.5, 0.6) is 0 Å². The lowest BCUT2D eigenvalue weighted by atomic mass is 10.4. The fraction of sp³-hybridized carbons (Fsp3) is 1.00. The highest BCUT2D eigenvalue weighted by Gasteiger charge is 2.11. The second-order valence-corrected chi connectivity index (χ2v) is 2.32. The average molecular weight is 133 g/mol. The lowest BCUT2D eigenvalue weighted by Crippen LogP contribution is -2.37. The quantitative estimate of drug-likeness (QED) is 0.560. The molecule has 0 aliphatic rings. The molecule has 0 aromatic carbocycles. The maximum atomic E-state index is 9.00. The second kappa shape index (κ2) is 3.82. The van der Waals surface area contributed by atoms with E-state index in [9.17, 15) is 0 Å². The minimum absolute atomic E-state index is 0.306. The Kier molecular flexibility index (Phi) is 3.77. The molecular formula is C6H15NO2. The molecule has 0 aliphatic carbocycles. The minimum atomic E-state index is -0.773. The Morgan fingerprint density at radius 1 is 1.44 bits per heavy atom. The number of rotatable bonds is 3. The maximum Gasteiger partial charge on any atom is 0.215 e. The summed E-state index contributed by atoms with van der Waals surface area (Å²) in [6.45, 7) is 3.98. The molecule has 0 aromatic rings. The summed E-state index contributed by atoms with van der Waals surface area (Å²) in [6, 6.07) is 0.306. The first-order chi connectivity index (χ1) is 4.09. The van der Waals surface area contributed by atoms with Gasteiger partial charge in [-0.2, -0.15) is 0 Å². The van der Waals surface area contributed by atoms with Gasteiger partial charge in [0.05, 0.1) is 0 Å². The standard InChI is InChI=1S/C6H15NO2/c1-5(2)7(3)6(8)9-4/h5-6,8H,1-4H3. The zero-order valence-electron chi connectivity index (χ0n) is 6.46. The van der Waals surface area contributed by atoms with E-state index in [2.05, 4.69) is 4.74 Å². The molecule has 9 heavy (non-hydrogen) atoms. The van der Waals surface area contributed by atoms with Gasteiger partial charge in [0.15, 0.2) is 0 Å². The van der Waals surface area contributed by atoms with Crippen LogP contribution >= 0.6 is 0 Å². The molecule has 0 aromatic heterocycles. The first-order valence-corrected chi connectivity index (χ1v) is 3.02. The van der Waals surface area contributed by atoms with E-state index in [-0.39, 0.29) is 0 Å². The first-order valence-electron chi connectivity index (χ1n) is 3.02. The van der Waals surface area contributed by atoms with Crippen LogP contribution in [0.15, 0.2) is 0 Å². The lowest BCUT2D eigenvalue weighted by Gasteiger charge is -2.25. The van der Waals surface area contributed by atoms with E-state index >= 15 is 0 Å². The molecule has 56 valence electrons. The van der Waals surface area contributed by atoms with Crippen LogP contribution < -0.4 is 0 Å². The molecule has 0 aliphatic heterocycles. The van der Waals surface area contributed by atoms with Crippen LogP contribution in [-0.4, -0.2) is 36.6 Å². The van der Waals surface area contributed by atoms with Crippen molar-refractivity contribution in [1.82, 2.24) is 4.90 Å². The van der Waals surface area contributed by atoms with E-state index in [1.54, 1.807) is 11.9 Å². The Bertz CT molecular complexity index is 75.5. The molecule has 1 N–H and O–H groups in total. The molecule has 0 saturated carbocycles. The molecule has 3 nitrogen and oxygen atoms in total. The fourth-order valence-electron chi connectivity index (χ4n) is 0.421. The Morgan fingerprint density at radius 2 is 1.89 bits per heavy atom. The number of nitrogens with zero attached hydrogens (tertiary/aromatic N) is 1. The van der Waals surface area contributed by atoms with Crippen molar-refractivity contribution < 1.29 is 9.84 Å². The Hall–Kier alpha value is -0.120. The molecular weight excluding hydrogens is 118 g/mol. The molecule has 0 radical (unpaired) electrons. The Labute approximate surface area is 56.2 Å². The van der Waals surface area contributed by atoms with E-state index < -0.39 is 6.41 Å². The van der Waals surface area contributed by atoms with Crippen molar-refractivity contribution in [2.24, 2.45) is 0 Å². The lowest BCUT2D eigenvalue weighted by molar-refractivity contribution is -0.176. The maximum absolute atomic E-state index is 9.00. The van der Waals surface area contributed by atoms with Crippen LogP contribution in [0.3, 0.4) is 0 Å². The van der Waals surface area contributed by atoms with Crippen LogP contribution in [-0.2, 0) is 4.74 Å². The van der Waals surface area contributed by atoms with Crippen molar-refractivity contribution in [1.29, 1.82) is 0 Å². The topological polar surface area (TPSA) is 32.7 Å². The molecule has 0 rings (SSSR count). The highest BCUT2D eigenvalue weighted by Crippen LogP contribution is 1.98. The summed E-state index contributed by atoms with van der Waals surface area (Å²) in [7, 11) is 3.28. The van der Waals surface area contributed by atoms with Gasteiger partial charge in [0.1, 0.15) is 0 Å². The number of ether oxygens (including phenoxy) is 1. The number of aliphatic hydroxyl groups excluding tert-OH is 1. The van der Waals surface area contributed by atoms with Gasteiger partial charge in [-0.15, -0.1) is 0 Å². The molecule has 0 spiro atoms. The first kappa shape index (κ1) is 8.88. The smallest absolute Gasteiger partial charge is 0.215 e. The van der Waals surface area contributed by atoms with Gasteiger partial charge in [-0.25, -0.2) is 0 Å². The van der Waals surface area contributed by atoms with Crippen molar-refractivity contribution in [3.8, 4) is 0 Å². The van der Waals surface area contributed by atoms with Gasteiger partial charge < -0.3 is 9.84 Å². The number of aliphatic hydroxyl groups is 1. The molecule has 0 amide bonds.